The van der Waals surface area contributed by atoms with Gasteiger partial charge in [0.05, 0.1) is 0 Å². The first kappa shape index (κ1) is 12.8. The van der Waals surface area contributed by atoms with E-state index in [4.69, 9.17) is 0 Å². The molecular formula is C18H15FO. The molecule has 0 unspecified atom stereocenters. The summed E-state index contributed by atoms with van der Waals surface area (Å²) >= 11 is 0. The number of hydrogen-bond acceptors (Lipinski definition) is 1. The minimum atomic E-state index is -0.260. The van der Waals surface area contributed by atoms with Gasteiger partial charge in [-0.1, -0.05) is 36.4 Å². The van der Waals surface area contributed by atoms with Crippen LogP contribution in [0.1, 0.15) is 34.3 Å². The number of hydrogen-bond donors (Lipinski definition) is 0. The van der Waals surface area contributed by atoms with Gasteiger partial charge in [0.15, 0.2) is 5.78 Å². The van der Waals surface area contributed by atoms with Crippen LogP contribution >= 0.6 is 0 Å². The molecule has 1 nitrogen and oxygen atoms in total. The third-order valence-corrected chi connectivity index (χ3v) is 3.66. The monoisotopic (exact) mass is 266 g/mol. The average molecular weight is 266 g/mol. The second-order valence-electron chi connectivity index (χ2n) is 5.06. The number of fused-ring (bicyclic) bond motifs is 1. The van der Waals surface area contributed by atoms with Crippen LogP contribution in [0, 0.1) is 5.82 Å². The highest BCUT2D eigenvalue weighted by Crippen LogP contribution is 2.25. The Bertz CT molecular complexity index is 668. The van der Waals surface area contributed by atoms with E-state index in [1.807, 2.05) is 30.3 Å². The van der Waals surface area contributed by atoms with Crippen LogP contribution in [0.4, 0.5) is 4.39 Å². The molecule has 1 aliphatic rings. The van der Waals surface area contributed by atoms with Crippen molar-refractivity contribution >= 4 is 11.9 Å². The molecular weight excluding hydrogens is 251 g/mol. The summed E-state index contributed by atoms with van der Waals surface area (Å²) in [5, 5.41) is 0. The number of rotatable bonds is 1. The van der Waals surface area contributed by atoms with E-state index in [-0.39, 0.29) is 11.6 Å². The zero-order valence-corrected chi connectivity index (χ0v) is 11.1. The fourth-order valence-corrected chi connectivity index (χ4v) is 2.61. The topological polar surface area (TPSA) is 17.1 Å². The zero-order chi connectivity index (χ0) is 13.9. The number of benzene rings is 2. The summed E-state index contributed by atoms with van der Waals surface area (Å²) < 4.78 is 12.9. The summed E-state index contributed by atoms with van der Waals surface area (Å²) in [7, 11) is 0. The molecule has 0 N–H and O–H groups in total. The van der Waals surface area contributed by atoms with E-state index in [1.54, 1.807) is 12.1 Å². The molecule has 2 aromatic carbocycles. The first-order valence-electron chi connectivity index (χ1n) is 6.83. The molecule has 0 heterocycles. The van der Waals surface area contributed by atoms with Crippen molar-refractivity contribution in [2.45, 2.75) is 19.3 Å². The quantitative estimate of drug-likeness (QED) is 0.551. The summed E-state index contributed by atoms with van der Waals surface area (Å²) in [4.78, 5) is 12.6. The zero-order valence-electron chi connectivity index (χ0n) is 11.1. The van der Waals surface area contributed by atoms with Crippen LogP contribution in [0.2, 0.25) is 0 Å². The standard InChI is InChI=1S/C18H15FO/c19-16-10-8-13(9-11-16)12-15-6-3-5-14-4-1-2-7-17(14)18(15)20/h1-2,4,7-12H,3,5-6H2/b15-12+. The van der Waals surface area contributed by atoms with Crippen molar-refractivity contribution in [1.82, 2.24) is 0 Å². The van der Waals surface area contributed by atoms with Gasteiger partial charge in [-0.25, -0.2) is 4.39 Å². The Morgan fingerprint density at radius 3 is 2.50 bits per heavy atom. The Balaban J connectivity index is 1.98. The van der Waals surface area contributed by atoms with E-state index in [1.165, 1.54) is 12.1 Å². The predicted molar refractivity (Wildman–Crippen MR) is 78.1 cm³/mol. The van der Waals surface area contributed by atoms with Gasteiger partial charge in [-0.05, 0) is 48.6 Å². The molecule has 20 heavy (non-hydrogen) atoms. The normalized spacial score (nSPS) is 16.9. The molecule has 0 atom stereocenters. The molecule has 0 aliphatic heterocycles. The average Bonchev–Trinajstić information content (AvgIpc) is 2.62. The van der Waals surface area contributed by atoms with Crippen LogP contribution in [0.5, 0.6) is 0 Å². The van der Waals surface area contributed by atoms with Crippen molar-refractivity contribution in [2.75, 3.05) is 0 Å². The van der Waals surface area contributed by atoms with Gasteiger partial charge in [0.2, 0.25) is 0 Å². The molecule has 100 valence electrons. The van der Waals surface area contributed by atoms with Crippen LogP contribution in [0.15, 0.2) is 54.1 Å². The number of carbonyl (C=O) groups excluding carboxylic acids is 1. The van der Waals surface area contributed by atoms with E-state index >= 15 is 0 Å². The van der Waals surface area contributed by atoms with Crippen LogP contribution in [-0.4, -0.2) is 5.78 Å². The molecule has 0 amide bonds. The van der Waals surface area contributed by atoms with Gasteiger partial charge in [0.25, 0.3) is 0 Å². The molecule has 0 bridgehead atoms. The molecule has 2 heteroatoms. The molecule has 3 rings (SSSR count). The molecule has 1 aliphatic carbocycles. The molecule has 0 aromatic heterocycles. The molecule has 0 saturated heterocycles. The van der Waals surface area contributed by atoms with Crippen LogP contribution in [-0.2, 0) is 6.42 Å². The molecule has 0 spiro atoms. The number of halogens is 1. The maximum Gasteiger partial charge on any atom is 0.189 e. The van der Waals surface area contributed by atoms with Crippen molar-refractivity contribution < 1.29 is 9.18 Å². The van der Waals surface area contributed by atoms with Gasteiger partial charge in [0, 0.05) is 11.1 Å². The Kier molecular flexibility index (Phi) is 3.46. The van der Waals surface area contributed by atoms with Crippen LogP contribution < -0.4 is 0 Å². The number of ketones is 1. The maximum absolute atomic E-state index is 12.9. The lowest BCUT2D eigenvalue weighted by Crippen LogP contribution is -2.03. The van der Waals surface area contributed by atoms with Gasteiger partial charge < -0.3 is 0 Å². The molecule has 0 saturated carbocycles. The fraction of sp³-hybridized carbons (Fsp3) is 0.167. The second-order valence-corrected chi connectivity index (χ2v) is 5.06. The van der Waals surface area contributed by atoms with Gasteiger partial charge >= 0.3 is 0 Å². The largest absolute Gasteiger partial charge is 0.289 e. The first-order valence-corrected chi connectivity index (χ1v) is 6.83. The van der Waals surface area contributed by atoms with E-state index in [9.17, 15) is 9.18 Å². The first-order chi connectivity index (χ1) is 9.74. The van der Waals surface area contributed by atoms with Crippen molar-refractivity contribution in [1.29, 1.82) is 0 Å². The van der Waals surface area contributed by atoms with Crippen LogP contribution in [0.3, 0.4) is 0 Å². The summed E-state index contributed by atoms with van der Waals surface area (Å²) in [6.45, 7) is 0. The summed E-state index contributed by atoms with van der Waals surface area (Å²) in [5.74, 6) is -0.160. The predicted octanol–water partition coefficient (Wildman–Crippen LogP) is 4.43. The van der Waals surface area contributed by atoms with Crippen molar-refractivity contribution in [2.24, 2.45) is 0 Å². The van der Waals surface area contributed by atoms with E-state index < -0.39 is 0 Å². The summed E-state index contributed by atoms with van der Waals surface area (Å²) in [6.07, 6.45) is 4.55. The second kappa shape index (κ2) is 5.41. The summed E-state index contributed by atoms with van der Waals surface area (Å²) in [6, 6.07) is 14.0. The van der Waals surface area contributed by atoms with Gasteiger partial charge in [-0.3, -0.25) is 4.79 Å². The highest BCUT2D eigenvalue weighted by Gasteiger charge is 2.19. The van der Waals surface area contributed by atoms with Gasteiger partial charge in [-0.2, -0.15) is 0 Å². The molecule has 2 aromatic rings. The third kappa shape index (κ3) is 2.55. The Morgan fingerprint density at radius 2 is 1.70 bits per heavy atom. The Morgan fingerprint density at radius 1 is 0.950 bits per heavy atom. The highest BCUT2D eigenvalue weighted by molar-refractivity contribution is 6.12. The SMILES string of the molecule is O=C1/C(=C/c2ccc(F)cc2)CCCc2ccccc21. The van der Waals surface area contributed by atoms with E-state index in [0.717, 1.165) is 41.5 Å². The number of carbonyl (C=O) groups is 1. The molecule has 0 fully saturated rings. The lowest BCUT2D eigenvalue weighted by atomic mass is 9.98. The van der Waals surface area contributed by atoms with Crippen molar-refractivity contribution in [3.63, 3.8) is 0 Å². The maximum atomic E-state index is 12.9. The number of allylic oxidation sites excluding steroid dienone is 1. The van der Waals surface area contributed by atoms with Crippen molar-refractivity contribution in [3.05, 3.63) is 76.6 Å². The smallest absolute Gasteiger partial charge is 0.189 e. The third-order valence-electron chi connectivity index (χ3n) is 3.66. The minimum absolute atomic E-state index is 0.0995. The number of Topliss-reactive ketones (excluding diaryl/α,β-unsaturated/α-hetero) is 1. The molecule has 0 radical (unpaired) electrons. The fourth-order valence-electron chi connectivity index (χ4n) is 2.61. The van der Waals surface area contributed by atoms with Crippen molar-refractivity contribution in [3.8, 4) is 0 Å². The van der Waals surface area contributed by atoms with E-state index in [0.29, 0.717) is 0 Å². The number of aryl methyl sites for hydroxylation is 1. The lowest BCUT2D eigenvalue weighted by Gasteiger charge is -2.05. The highest BCUT2D eigenvalue weighted by atomic mass is 19.1. The Hall–Kier alpha value is -2.22. The van der Waals surface area contributed by atoms with E-state index in [2.05, 4.69) is 0 Å². The minimum Gasteiger partial charge on any atom is -0.289 e. The van der Waals surface area contributed by atoms with Gasteiger partial charge in [0.1, 0.15) is 5.82 Å². The van der Waals surface area contributed by atoms with Gasteiger partial charge in [-0.15, -0.1) is 0 Å². The van der Waals surface area contributed by atoms with Crippen LogP contribution in [0.25, 0.3) is 6.08 Å². The Labute approximate surface area is 117 Å². The lowest BCUT2D eigenvalue weighted by molar-refractivity contribution is 0.103. The summed E-state index contributed by atoms with van der Waals surface area (Å²) in [5.41, 5.74) is 3.61.